The lowest BCUT2D eigenvalue weighted by Gasteiger charge is -2.15. The first-order valence-corrected chi connectivity index (χ1v) is 4.70. The van der Waals surface area contributed by atoms with Crippen molar-refractivity contribution in [3.63, 3.8) is 0 Å². The van der Waals surface area contributed by atoms with Crippen LogP contribution < -0.4 is 10.5 Å². The summed E-state index contributed by atoms with van der Waals surface area (Å²) in [5, 5.41) is 0. The van der Waals surface area contributed by atoms with Gasteiger partial charge in [-0.3, -0.25) is 0 Å². The molecule has 2 N–H and O–H groups in total. The maximum Gasteiger partial charge on any atom is 0.573 e. The Labute approximate surface area is 99.3 Å². The average Bonchev–Trinajstić information content (AvgIpc) is 2.17. The van der Waals surface area contributed by atoms with Crippen LogP contribution in [-0.4, -0.2) is 12.5 Å². The van der Waals surface area contributed by atoms with Crippen LogP contribution in [0, 0.1) is 5.82 Å². The third kappa shape index (κ3) is 4.11. The van der Waals surface area contributed by atoms with Crippen molar-refractivity contribution in [3.05, 3.63) is 29.6 Å². The first kappa shape index (κ1) is 14.1. The van der Waals surface area contributed by atoms with E-state index >= 15 is 0 Å². The van der Waals surface area contributed by atoms with E-state index in [1.165, 1.54) is 6.92 Å². The summed E-state index contributed by atoms with van der Waals surface area (Å²) in [6.45, 7) is 1.26. The molecule has 1 aromatic carbocycles. The van der Waals surface area contributed by atoms with Crippen LogP contribution in [0.15, 0.2) is 18.2 Å². The minimum Gasteiger partial charge on any atom is -0.442 e. The number of halogens is 4. The van der Waals surface area contributed by atoms with Crippen molar-refractivity contribution >= 4 is 6.09 Å². The van der Waals surface area contributed by atoms with E-state index in [2.05, 4.69) is 9.47 Å². The number of hydrogen-bond acceptors (Lipinski definition) is 3. The molecule has 0 aliphatic rings. The van der Waals surface area contributed by atoms with Gasteiger partial charge < -0.3 is 15.2 Å². The lowest BCUT2D eigenvalue weighted by atomic mass is 10.1. The molecule has 0 aliphatic carbocycles. The molecule has 1 amide bonds. The van der Waals surface area contributed by atoms with E-state index in [0.717, 1.165) is 18.2 Å². The number of primary amides is 1. The number of nitrogens with two attached hydrogens (primary N) is 1. The van der Waals surface area contributed by atoms with Crippen LogP contribution in [0.2, 0.25) is 0 Å². The van der Waals surface area contributed by atoms with Crippen molar-refractivity contribution in [1.29, 1.82) is 0 Å². The molecule has 1 aromatic rings. The molecule has 0 bridgehead atoms. The van der Waals surface area contributed by atoms with Gasteiger partial charge in [0, 0.05) is 5.56 Å². The molecular weight excluding hydrogens is 258 g/mol. The molecule has 0 spiro atoms. The van der Waals surface area contributed by atoms with E-state index in [1.54, 1.807) is 0 Å². The van der Waals surface area contributed by atoms with Crippen LogP contribution in [-0.2, 0) is 4.74 Å². The summed E-state index contributed by atoms with van der Waals surface area (Å²) >= 11 is 0. The monoisotopic (exact) mass is 267 g/mol. The highest BCUT2D eigenvalue weighted by molar-refractivity contribution is 5.65. The van der Waals surface area contributed by atoms with Gasteiger partial charge in [-0.05, 0) is 25.1 Å². The summed E-state index contributed by atoms with van der Waals surface area (Å²) in [5.74, 6) is -1.45. The fourth-order valence-corrected chi connectivity index (χ4v) is 1.27. The van der Waals surface area contributed by atoms with Gasteiger partial charge in [0.25, 0.3) is 0 Å². The Hall–Kier alpha value is -1.99. The second-order valence-electron chi connectivity index (χ2n) is 3.31. The van der Waals surface area contributed by atoms with Gasteiger partial charge in [0.15, 0.2) is 0 Å². The lowest BCUT2D eigenvalue weighted by Crippen LogP contribution is -2.18. The largest absolute Gasteiger partial charge is 0.573 e. The maximum absolute atomic E-state index is 13.3. The van der Waals surface area contributed by atoms with Crippen LogP contribution >= 0.6 is 0 Å². The van der Waals surface area contributed by atoms with Crippen molar-refractivity contribution in [3.8, 4) is 5.75 Å². The first-order valence-electron chi connectivity index (χ1n) is 4.70. The summed E-state index contributed by atoms with van der Waals surface area (Å²) in [7, 11) is 0. The SMILES string of the molecule is CC(OC(N)=O)c1cc(OC(F)(F)F)ccc1F. The van der Waals surface area contributed by atoms with E-state index in [1.807, 2.05) is 0 Å². The Kier molecular flexibility index (Phi) is 4.00. The van der Waals surface area contributed by atoms with E-state index < -0.39 is 30.1 Å². The van der Waals surface area contributed by atoms with Crippen LogP contribution in [0.25, 0.3) is 0 Å². The predicted molar refractivity (Wildman–Crippen MR) is 52.2 cm³/mol. The molecule has 1 atom stereocenters. The molecule has 1 rings (SSSR count). The number of benzene rings is 1. The predicted octanol–water partition coefficient (Wildman–Crippen LogP) is 2.88. The Morgan fingerprint density at radius 2 is 2.00 bits per heavy atom. The number of ether oxygens (including phenoxy) is 2. The number of alkyl halides is 3. The van der Waals surface area contributed by atoms with E-state index in [0.29, 0.717) is 0 Å². The minimum absolute atomic E-state index is 0.268. The molecule has 1 unspecified atom stereocenters. The number of hydrogen-bond donors (Lipinski definition) is 1. The highest BCUT2D eigenvalue weighted by Gasteiger charge is 2.31. The smallest absolute Gasteiger partial charge is 0.442 e. The molecule has 8 heteroatoms. The molecule has 0 fully saturated rings. The van der Waals surface area contributed by atoms with Gasteiger partial charge in [-0.25, -0.2) is 9.18 Å². The third-order valence-electron chi connectivity index (χ3n) is 1.93. The van der Waals surface area contributed by atoms with Crippen molar-refractivity contribution in [2.75, 3.05) is 0 Å². The fraction of sp³-hybridized carbons (Fsp3) is 0.300. The number of amides is 1. The molecule has 0 saturated carbocycles. The highest BCUT2D eigenvalue weighted by Crippen LogP contribution is 2.28. The van der Waals surface area contributed by atoms with Crippen LogP contribution in [0.5, 0.6) is 5.75 Å². The lowest BCUT2D eigenvalue weighted by molar-refractivity contribution is -0.274. The molecule has 4 nitrogen and oxygen atoms in total. The van der Waals surface area contributed by atoms with Crippen LogP contribution in [0.3, 0.4) is 0 Å². The van der Waals surface area contributed by atoms with Crippen molar-refractivity contribution in [2.45, 2.75) is 19.4 Å². The van der Waals surface area contributed by atoms with Gasteiger partial charge in [-0.2, -0.15) is 0 Å². The van der Waals surface area contributed by atoms with Crippen LogP contribution in [0.4, 0.5) is 22.4 Å². The van der Waals surface area contributed by atoms with Gasteiger partial charge >= 0.3 is 12.5 Å². The third-order valence-corrected chi connectivity index (χ3v) is 1.93. The summed E-state index contributed by atoms with van der Waals surface area (Å²) in [6.07, 6.45) is -7.17. The summed E-state index contributed by atoms with van der Waals surface area (Å²) in [6, 6.07) is 2.37. The topological polar surface area (TPSA) is 61.5 Å². The van der Waals surface area contributed by atoms with E-state index in [9.17, 15) is 22.4 Å². The number of carbonyl (C=O) groups is 1. The average molecular weight is 267 g/mol. The zero-order chi connectivity index (χ0) is 13.9. The minimum atomic E-state index is -4.89. The van der Waals surface area contributed by atoms with Crippen molar-refractivity contribution in [2.24, 2.45) is 5.73 Å². The fourth-order valence-electron chi connectivity index (χ4n) is 1.27. The zero-order valence-corrected chi connectivity index (χ0v) is 9.12. The standard InChI is InChI=1S/C10H9F4NO3/c1-5(17-9(15)16)7-4-6(2-3-8(7)11)18-10(12,13)14/h2-5H,1H3,(H2,15,16). The Bertz CT molecular complexity index is 447. The Balaban J connectivity index is 2.97. The molecular formula is C10H9F4NO3. The second kappa shape index (κ2) is 5.11. The molecule has 0 heterocycles. The van der Waals surface area contributed by atoms with Gasteiger partial charge in [0.2, 0.25) is 0 Å². The second-order valence-corrected chi connectivity index (χ2v) is 3.31. The normalized spacial score (nSPS) is 12.9. The Morgan fingerprint density at radius 1 is 1.39 bits per heavy atom. The number of rotatable bonds is 3. The molecule has 0 aromatic heterocycles. The number of carbonyl (C=O) groups excluding carboxylic acids is 1. The quantitative estimate of drug-likeness (QED) is 0.856. The van der Waals surface area contributed by atoms with Gasteiger partial charge in [-0.1, -0.05) is 0 Å². The van der Waals surface area contributed by atoms with Crippen molar-refractivity contribution < 1.29 is 31.8 Å². The van der Waals surface area contributed by atoms with Gasteiger partial charge in [0.05, 0.1) is 0 Å². The van der Waals surface area contributed by atoms with Gasteiger partial charge in [0.1, 0.15) is 17.7 Å². The molecule has 18 heavy (non-hydrogen) atoms. The summed E-state index contributed by atoms with van der Waals surface area (Å²) < 4.78 is 57.3. The van der Waals surface area contributed by atoms with Crippen LogP contribution in [0.1, 0.15) is 18.6 Å². The highest BCUT2D eigenvalue weighted by atomic mass is 19.4. The van der Waals surface area contributed by atoms with E-state index in [4.69, 9.17) is 5.73 Å². The molecule has 0 radical (unpaired) electrons. The van der Waals surface area contributed by atoms with Gasteiger partial charge in [-0.15, -0.1) is 13.2 Å². The molecule has 100 valence electrons. The van der Waals surface area contributed by atoms with Crippen molar-refractivity contribution in [1.82, 2.24) is 0 Å². The molecule has 0 saturated heterocycles. The Morgan fingerprint density at radius 3 is 2.50 bits per heavy atom. The van der Waals surface area contributed by atoms with E-state index in [-0.39, 0.29) is 5.56 Å². The maximum atomic E-state index is 13.3. The summed E-state index contributed by atoms with van der Waals surface area (Å²) in [5.41, 5.74) is 4.46. The summed E-state index contributed by atoms with van der Waals surface area (Å²) in [4.78, 5) is 10.5. The first-order chi connectivity index (χ1) is 8.19. The molecule has 0 aliphatic heterocycles. The zero-order valence-electron chi connectivity index (χ0n) is 9.12.